The molecule has 0 radical (unpaired) electrons. The first-order valence-corrected chi connectivity index (χ1v) is 5.89. The minimum absolute atomic E-state index is 0.118. The Labute approximate surface area is 113 Å². The predicted molar refractivity (Wildman–Crippen MR) is 62.3 cm³/mol. The Morgan fingerprint density at radius 3 is 2.50 bits per heavy atom. The van der Waals surface area contributed by atoms with Gasteiger partial charge in [0, 0.05) is 19.5 Å². The second-order valence-electron chi connectivity index (χ2n) is 4.50. The zero-order valence-electron chi connectivity index (χ0n) is 10.4. The summed E-state index contributed by atoms with van der Waals surface area (Å²) in [6.07, 6.45) is -4.52. The van der Waals surface area contributed by atoms with Crippen molar-refractivity contribution in [3.8, 4) is 11.8 Å². The molecule has 20 heavy (non-hydrogen) atoms. The first-order valence-electron chi connectivity index (χ1n) is 5.89. The number of hydrogen-bond donors (Lipinski definition) is 0. The summed E-state index contributed by atoms with van der Waals surface area (Å²) in [7, 11) is 0. The van der Waals surface area contributed by atoms with Crippen molar-refractivity contribution in [2.75, 3.05) is 6.54 Å². The summed E-state index contributed by atoms with van der Waals surface area (Å²) in [6.45, 7) is 0.638. The van der Waals surface area contributed by atoms with Gasteiger partial charge < -0.3 is 9.64 Å². The average Bonchev–Trinajstić information content (AvgIpc) is 2.71. The van der Waals surface area contributed by atoms with Gasteiger partial charge in [-0.2, -0.15) is 5.26 Å². The molecule has 1 aliphatic rings. The number of benzene rings is 1. The van der Waals surface area contributed by atoms with Gasteiger partial charge in [-0.25, -0.2) is 0 Å². The van der Waals surface area contributed by atoms with Crippen molar-refractivity contribution in [2.45, 2.75) is 19.3 Å². The van der Waals surface area contributed by atoms with E-state index in [0.717, 1.165) is 0 Å². The first-order chi connectivity index (χ1) is 9.37. The van der Waals surface area contributed by atoms with E-state index in [1.165, 1.54) is 29.2 Å². The fraction of sp³-hybridized carbons (Fsp3) is 0.385. The van der Waals surface area contributed by atoms with E-state index < -0.39 is 6.36 Å². The molecule has 1 amide bonds. The monoisotopic (exact) mass is 284 g/mol. The van der Waals surface area contributed by atoms with E-state index in [1.807, 2.05) is 6.07 Å². The fourth-order valence-corrected chi connectivity index (χ4v) is 2.03. The molecule has 0 bridgehead atoms. The molecular formula is C13H11F3N2O2. The number of carbonyl (C=O) groups is 1. The molecule has 1 aromatic carbocycles. The van der Waals surface area contributed by atoms with Crippen LogP contribution in [0, 0.1) is 17.2 Å². The molecule has 1 aliphatic heterocycles. The number of alkyl halides is 3. The molecule has 1 atom stereocenters. The second-order valence-corrected chi connectivity index (χ2v) is 4.50. The Kier molecular flexibility index (Phi) is 3.84. The number of nitriles is 1. The largest absolute Gasteiger partial charge is 0.573 e. The maximum atomic E-state index is 12.0. The molecule has 1 saturated heterocycles. The van der Waals surface area contributed by atoms with Crippen LogP contribution in [-0.4, -0.2) is 23.7 Å². The minimum Gasteiger partial charge on any atom is -0.406 e. The number of carbonyl (C=O) groups excluding carboxylic acids is 1. The van der Waals surface area contributed by atoms with Crippen LogP contribution in [0.3, 0.4) is 0 Å². The summed E-state index contributed by atoms with van der Waals surface area (Å²) in [5.74, 6) is -0.730. The zero-order chi connectivity index (χ0) is 14.8. The van der Waals surface area contributed by atoms with Gasteiger partial charge in [0.15, 0.2) is 0 Å². The van der Waals surface area contributed by atoms with E-state index >= 15 is 0 Å². The highest BCUT2D eigenvalue weighted by molar-refractivity contribution is 5.79. The lowest BCUT2D eigenvalue weighted by atomic mass is 10.1. The zero-order valence-corrected chi connectivity index (χ0v) is 10.4. The SMILES string of the molecule is N#CC1CC(=O)N(Cc2ccc(OC(F)(F)F)cc2)C1. The van der Waals surface area contributed by atoms with E-state index in [-0.39, 0.29) is 30.5 Å². The Hall–Kier alpha value is -2.23. The molecule has 1 fully saturated rings. The summed E-state index contributed by atoms with van der Waals surface area (Å²) in [5.41, 5.74) is 0.687. The highest BCUT2D eigenvalue weighted by Crippen LogP contribution is 2.24. The number of amides is 1. The van der Waals surface area contributed by atoms with Gasteiger partial charge >= 0.3 is 6.36 Å². The van der Waals surface area contributed by atoms with E-state index in [4.69, 9.17) is 5.26 Å². The highest BCUT2D eigenvalue weighted by atomic mass is 19.4. The van der Waals surface area contributed by atoms with Gasteiger partial charge in [0.1, 0.15) is 5.75 Å². The minimum atomic E-state index is -4.72. The van der Waals surface area contributed by atoms with E-state index in [1.54, 1.807) is 0 Å². The van der Waals surface area contributed by atoms with Crippen LogP contribution in [0.25, 0.3) is 0 Å². The maximum absolute atomic E-state index is 12.0. The third-order valence-corrected chi connectivity index (χ3v) is 2.93. The number of nitrogens with zero attached hydrogens (tertiary/aromatic N) is 2. The number of halogens is 3. The molecule has 1 aromatic rings. The van der Waals surface area contributed by atoms with Crippen molar-refractivity contribution in [3.63, 3.8) is 0 Å². The van der Waals surface area contributed by atoms with Crippen LogP contribution in [0.5, 0.6) is 5.75 Å². The molecule has 7 heteroatoms. The highest BCUT2D eigenvalue weighted by Gasteiger charge is 2.31. The topological polar surface area (TPSA) is 53.3 Å². The molecule has 106 valence electrons. The van der Waals surface area contributed by atoms with Crippen LogP contribution in [0.1, 0.15) is 12.0 Å². The van der Waals surface area contributed by atoms with E-state index in [2.05, 4.69) is 4.74 Å². The first kappa shape index (κ1) is 14.2. The maximum Gasteiger partial charge on any atom is 0.573 e. The number of hydrogen-bond acceptors (Lipinski definition) is 3. The van der Waals surface area contributed by atoms with Crippen LogP contribution in [0.15, 0.2) is 24.3 Å². The quantitative estimate of drug-likeness (QED) is 0.856. The number of ether oxygens (including phenoxy) is 1. The lowest BCUT2D eigenvalue weighted by Crippen LogP contribution is -2.24. The summed E-state index contributed by atoms with van der Waals surface area (Å²) >= 11 is 0. The predicted octanol–water partition coefficient (Wildman–Crippen LogP) is 2.46. The summed E-state index contributed by atoms with van der Waals surface area (Å²) in [4.78, 5) is 13.1. The lowest BCUT2D eigenvalue weighted by Gasteiger charge is -2.16. The number of likely N-dealkylation sites (tertiary alicyclic amines) is 1. The van der Waals surface area contributed by atoms with Crippen LogP contribution in [0.2, 0.25) is 0 Å². The third kappa shape index (κ3) is 3.63. The van der Waals surface area contributed by atoms with Crippen LogP contribution in [-0.2, 0) is 11.3 Å². The van der Waals surface area contributed by atoms with Crippen molar-refractivity contribution in [2.24, 2.45) is 5.92 Å². The Bertz CT molecular complexity index is 534. The fourth-order valence-electron chi connectivity index (χ4n) is 2.03. The molecular weight excluding hydrogens is 273 g/mol. The number of rotatable bonds is 3. The molecule has 1 unspecified atom stereocenters. The van der Waals surface area contributed by atoms with Crippen molar-refractivity contribution in [1.29, 1.82) is 5.26 Å². The molecule has 1 heterocycles. The van der Waals surface area contributed by atoms with Crippen LogP contribution >= 0.6 is 0 Å². The van der Waals surface area contributed by atoms with Gasteiger partial charge in [0.25, 0.3) is 0 Å². The van der Waals surface area contributed by atoms with E-state index in [9.17, 15) is 18.0 Å². The third-order valence-electron chi connectivity index (χ3n) is 2.93. The van der Waals surface area contributed by atoms with Gasteiger partial charge in [-0.1, -0.05) is 12.1 Å². The second kappa shape index (κ2) is 5.41. The van der Waals surface area contributed by atoms with Crippen molar-refractivity contribution < 1.29 is 22.7 Å². The van der Waals surface area contributed by atoms with Crippen molar-refractivity contribution in [1.82, 2.24) is 4.90 Å². The van der Waals surface area contributed by atoms with Gasteiger partial charge in [-0.3, -0.25) is 4.79 Å². The Balaban J connectivity index is 1.98. The smallest absolute Gasteiger partial charge is 0.406 e. The molecule has 0 saturated carbocycles. The summed E-state index contributed by atoms with van der Waals surface area (Å²) in [6, 6.07) is 7.37. The lowest BCUT2D eigenvalue weighted by molar-refractivity contribution is -0.274. The van der Waals surface area contributed by atoms with Crippen molar-refractivity contribution >= 4 is 5.91 Å². The van der Waals surface area contributed by atoms with Crippen molar-refractivity contribution in [3.05, 3.63) is 29.8 Å². The van der Waals surface area contributed by atoms with Gasteiger partial charge in [0.05, 0.1) is 12.0 Å². The Morgan fingerprint density at radius 2 is 2.00 bits per heavy atom. The van der Waals surface area contributed by atoms with Crippen LogP contribution in [0.4, 0.5) is 13.2 Å². The van der Waals surface area contributed by atoms with E-state index in [0.29, 0.717) is 12.1 Å². The standard InChI is InChI=1S/C13H11F3N2O2/c14-13(15,16)20-11-3-1-9(2-4-11)7-18-8-10(6-17)5-12(18)19/h1-4,10H,5,7-8H2. The molecule has 0 N–H and O–H groups in total. The summed E-state index contributed by atoms with van der Waals surface area (Å²) < 4.78 is 39.7. The molecule has 4 nitrogen and oxygen atoms in total. The molecule has 2 rings (SSSR count). The van der Waals surface area contributed by atoms with Gasteiger partial charge in [0.2, 0.25) is 5.91 Å². The average molecular weight is 284 g/mol. The molecule has 0 aromatic heterocycles. The molecule has 0 spiro atoms. The molecule has 0 aliphatic carbocycles. The normalized spacial score (nSPS) is 19.0. The van der Waals surface area contributed by atoms with Crippen LogP contribution < -0.4 is 4.74 Å². The van der Waals surface area contributed by atoms with Gasteiger partial charge in [-0.15, -0.1) is 13.2 Å². The Morgan fingerprint density at radius 1 is 1.35 bits per heavy atom. The van der Waals surface area contributed by atoms with Gasteiger partial charge in [-0.05, 0) is 17.7 Å². The summed E-state index contributed by atoms with van der Waals surface area (Å²) in [5, 5.41) is 8.76.